The first-order chi connectivity index (χ1) is 8.76. The van der Waals surface area contributed by atoms with Crippen LogP contribution in [-0.4, -0.2) is 9.78 Å². The Kier molecular flexibility index (Phi) is 4.15. The van der Waals surface area contributed by atoms with Crippen LogP contribution in [0.1, 0.15) is 36.4 Å². The van der Waals surface area contributed by atoms with Crippen molar-refractivity contribution in [1.29, 1.82) is 0 Å². The molecule has 3 heteroatoms. The summed E-state index contributed by atoms with van der Waals surface area (Å²) in [6.07, 6.45) is 2.01. The third-order valence-corrected chi connectivity index (χ3v) is 3.20. The fraction of sp³-hybridized carbons (Fsp3) is 0.400. The molecule has 2 rings (SSSR count). The Hall–Kier alpha value is -1.61. The van der Waals surface area contributed by atoms with E-state index in [0.29, 0.717) is 6.54 Å². The molecule has 2 N–H and O–H groups in total. The highest BCUT2D eigenvalue weighted by Crippen LogP contribution is 2.11. The molecule has 1 aromatic heterocycles. The van der Waals surface area contributed by atoms with Crippen LogP contribution in [0.3, 0.4) is 0 Å². The first kappa shape index (κ1) is 12.8. The summed E-state index contributed by atoms with van der Waals surface area (Å²) in [6, 6.07) is 10.6. The molecule has 0 aliphatic rings. The molecule has 0 saturated carbocycles. The number of hydrogen-bond donors (Lipinski definition) is 1. The lowest BCUT2D eigenvalue weighted by molar-refractivity contribution is 0.640. The number of aryl methyl sites for hydroxylation is 2. The second-order valence-electron chi connectivity index (χ2n) is 4.52. The Morgan fingerprint density at radius 1 is 1.11 bits per heavy atom. The van der Waals surface area contributed by atoms with Crippen LogP contribution in [0.2, 0.25) is 0 Å². The minimum absolute atomic E-state index is 0.591. The zero-order chi connectivity index (χ0) is 13.0. The van der Waals surface area contributed by atoms with Crippen LogP contribution in [-0.2, 0) is 25.9 Å². The molecule has 1 aromatic carbocycles. The van der Waals surface area contributed by atoms with Crippen LogP contribution in [0.4, 0.5) is 0 Å². The molecule has 96 valence electrons. The quantitative estimate of drug-likeness (QED) is 0.877. The molecule has 0 saturated heterocycles. The molecule has 1 heterocycles. The average Bonchev–Trinajstić information content (AvgIpc) is 2.81. The van der Waals surface area contributed by atoms with Crippen LogP contribution in [0, 0.1) is 0 Å². The summed E-state index contributed by atoms with van der Waals surface area (Å²) in [5.41, 5.74) is 10.6. The van der Waals surface area contributed by atoms with E-state index >= 15 is 0 Å². The SMILES string of the molecule is CCc1cc(CC)n(Cc2cccc(CN)c2)n1. The van der Waals surface area contributed by atoms with Crippen molar-refractivity contribution in [2.24, 2.45) is 5.73 Å². The van der Waals surface area contributed by atoms with E-state index in [9.17, 15) is 0 Å². The molecule has 0 fully saturated rings. The molecule has 18 heavy (non-hydrogen) atoms. The molecule has 3 nitrogen and oxygen atoms in total. The summed E-state index contributed by atoms with van der Waals surface area (Å²) < 4.78 is 2.11. The molecular weight excluding hydrogens is 222 g/mol. The van der Waals surface area contributed by atoms with Gasteiger partial charge in [-0.1, -0.05) is 38.1 Å². The van der Waals surface area contributed by atoms with E-state index in [-0.39, 0.29) is 0 Å². The summed E-state index contributed by atoms with van der Waals surface area (Å²) >= 11 is 0. The topological polar surface area (TPSA) is 43.8 Å². The Balaban J connectivity index is 2.24. The zero-order valence-electron chi connectivity index (χ0n) is 11.2. The predicted octanol–water partition coefficient (Wildman–Crippen LogP) is 2.51. The minimum atomic E-state index is 0.591. The summed E-state index contributed by atoms with van der Waals surface area (Å²) in [4.78, 5) is 0. The number of hydrogen-bond acceptors (Lipinski definition) is 2. The summed E-state index contributed by atoms with van der Waals surface area (Å²) in [6.45, 7) is 5.73. The van der Waals surface area contributed by atoms with Crippen molar-refractivity contribution in [1.82, 2.24) is 9.78 Å². The summed E-state index contributed by atoms with van der Waals surface area (Å²) in [7, 11) is 0. The van der Waals surface area contributed by atoms with Gasteiger partial charge in [0.05, 0.1) is 12.2 Å². The van der Waals surface area contributed by atoms with Gasteiger partial charge in [0.15, 0.2) is 0 Å². The van der Waals surface area contributed by atoms with Crippen molar-refractivity contribution in [3.63, 3.8) is 0 Å². The molecule has 0 bridgehead atoms. The summed E-state index contributed by atoms with van der Waals surface area (Å²) in [5, 5.41) is 4.64. The van der Waals surface area contributed by atoms with Gasteiger partial charge >= 0.3 is 0 Å². The van der Waals surface area contributed by atoms with Gasteiger partial charge in [-0.05, 0) is 30.0 Å². The fourth-order valence-corrected chi connectivity index (χ4v) is 2.14. The van der Waals surface area contributed by atoms with Crippen molar-refractivity contribution < 1.29 is 0 Å². The van der Waals surface area contributed by atoms with Gasteiger partial charge in [0.25, 0.3) is 0 Å². The van der Waals surface area contributed by atoms with Gasteiger partial charge in [0, 0.05) is 12.2 Å². The average molecular weight is 243 g/mol. The van der Waals surface area contributed by atoms with Gasteiger partial charge < -0.3 is 5.73 Å². The smallest absolute Gasteiger partial charge is 0.0662 e. The molecule has 0 amide bonds. The molecule has 0 atom stereocenters. The number of aromatic nitrogens is 2. The van der Waals surface area contributed by atoms with Gasteiger partial charge in [-0.3, -0.25) is 4.68 Å². The van der Waals surface area contributed by atoms with E-state index in [0.717, 1.165) is 19.4 Å². The third-order valence-electron chi connectivity index (χ3n) is 3.20. The maximum Gasteiger partial charge on any atom is 0.0662 e. The molecule has 0 radical (unpaired) electrons. The van der Waals surface area contributed by atoms with E-state index in [1.54, 1.807) is 0 Å². The van der Waals surface area contributed by atoms with Gasteiger partial charge in [-0.25, -0.2) is 0 Å². The van der Waals surface area contributed by atoms with Crippen LogP contribution in [0.25, 0.3) is 0 Å². The van der Waals surface area contributed by atoms with E-state index in [2.05, 4.69) is 54.0 Å². The molecular formula is C15H21N3. The molecule has 0 unspecified atom stereocenters. The van der Waals surface area contributed by atoms with Crippen LogP contribution >= 0.6 is 0 Å². The van der Waals surface area contributed by atoms with Gasteiger partial charge in [0.1, 0.15) is 0 Å². The van der Waals surface area contributed by atoms with Gasteiger partial charge in [-0.2, -0.15) is 5.10 Å². The van der Waals surface area contributed by atoms with Crippen molar-refractivity contribution in [3.8, 4) is 0 Å². The Labute approximate surface area is 109 Å². The highest BCUT2D eigenvalue weighted by atomic mass is 15.3. The van der Waals surface area contributed by atoms with Gasteiger partial charge in [-0.15, -0.1) is 0 Å². The monoisotopic (exact) mass is 243 g/mol. The fourth-order valence-electron chi connectivity index (χ4n) is 2.14. The van der Waals surface area contributed by atoms with Crippen LogP contribution in [0.15, 0.2) is 30.3 Å². The first-order valence-electron chi connectivity index (χ1n) is 6.60. The molecule has 0 aliphatic carbocycles. The Morgan fingerprint density at radius 2 is 1.89 bits per heavy atom. The largest absolute Gasteiger partial charge is 0.326 e. The highest BCUT2D eigenvalue weighted by molar-refractivity contribution is 5.24. The standard InChI is InChI=1S/C15H21N3/c1-3-14-9-15(4-2)18(17-14)11-13-7-5-6-12(8-13)10-16/h5-9H,3-4,10-11,16H2,1-2H3. The number of benzene rings is 1. The normalized spacial score (nSPS) is 10.8. The van der Waals surface area contributed by atoms with Crippen LogP contribution in [0.5, 0.6) is 0 Å². The Bertz CT molecular complexity index is 514. The van der Waals surface area contributed by atoms with Crippen molar-refractivity contribution >= 4 is 0 Å². The first-order valence-corrected chi connectivity index (χ1v) is 6.60. The molecule has 2 aromatic rings. The van der Waals surface area contributed by atoms with E-state index < -0.39 is 0 Å². The minimum Gasteiger partial charge on any atom is -0.326 e. The lowest BCUT2D eigenvalue weighted by atomic mass is 10.1. The van der Waals surface area contributed by atoms with Crippen molar-refractivity contribution in [3.05, 3.63) is 52.8 Å². The lowest BCUT2D eigenvalue weighted by Crippen LogP contribution is -2.07. The second-order valence-corrected chi connectivity index (χ2v) is 4.52. The van der Waals surface area contributed by atoms with E-state index in [1.807, 2.05) is 0 Å². The third kappa shape index (κ3) is 2.79. The van der Waals surface area contributed by atoms with Crippen molar-refractivity contribution in [2.45, 2.75) is 39.8 Å². The molecule has 0 spiro atoms. The van der Waals surface area contributed by atoms with E-state index in [1.165, 1.54) is 22.5 Å². The van der Waals surface area contributed by atoms with E-state index in [4.69, 9.17) is 5.73 Å². The zero-order valence-corrected chi connectivity index (χ0v) is 11.2. The number of nitrogens with two attached hydrogens (primary N) is 1. The Morgan fingerprint density at radius 3 is 2.56 bits per heavy atom. The second kappa shape index (κ2) is 5.83. The highest BCUT2D eigenvalue weighted by Gasteiger charge is 2.06. The predicted molar refractivity (Wildman–Crippen MR) is 74.4 cm³/mol. The summed E-state index contributed by atoms with van der Waals surface area (Å²) in [5.74, 6) is 0. The maximum atomic E-state index is 5.67. The van der Waals surface area contributed by atoms with Crippen molar-refractivity contribution in [2.75, 3.05) is 0 Å². The number of nitrogens with zero attached hydrogens (tertiary/aromatic N) is 2. The van der Waals surface area contributed by atoms with Crippen LogP contribution < -0.4 is 5.73 Å². The van der Waals surface area contributed by atoms with Gasteiger partial charge in [0.2, 0.25) is 0 Å². The molecule has 0 aliphatic heterocycles. The lowest BCUT2D eigenvalue weighted by Gasteiger charge is -2.07. The maximum absolute atomic E-state index is 5.67. The number of rotatable bonds is 5.